The molecule has 1 aliphatic heterocycles. The fraction of sp³-hybridized carbons (Fsp3) is 0.143. The number of hydrogen-bond acceptors (Lipinski definition) is 4. The molecule has 3 rings (SSSR count). The van der Waals surface area contributed by atoms with Crippen LogP contribution in [0.4, 0.5) is 5.69 Å². The van der Waals surface area contributed by atoms with Crippen molar-refractivity contribution in [2.45, 2.75) is 13.2 Å². The van der Waals surface area contributed by atoms with Crippen molar-refractivity contribution in [3.8, 4) is 0 Å². The molecule has 0 saturated heterocycles. The molecule has 0 amide bonds. The first kappa shape index (κ1) is 15.3. The van der Waals surface area contributed by atoms with Crippen molar-refractivity contribution in [3.63, 3.8) is 0 Å². The number of halogens is 2. The average Bonchev–Trinajstić information content (AvgIpc) is 2.87. The van der Waals surface area contributed by atoms with Crippen LogP contribution in [0.25, 0.3) is 0 Å². The monoisotopic (exact) mass is 336 g/mol. The van der Waals surface area contributed by atoms with Gasteiger partial charge in [0.05, 0.1) is 24.1 Å². The summed E-state index contributed by atoms with van der Waals surface area (Å²) < 4.78 is 5.13. The van der Waals surface area contributed by atoms with Gasteiger partial charge in [-0.3, -0.25) is 0 Å². The smallest absolute Gasteiger partial charge is 0.423 e. The van der Waals surface area contributed by atoms with E-state index < -0.39 is 7.12 Å². The summed E-state index contributed by atoms with van der Waals surface area (Å²) in [5.74, 6) is 0. The lowest BCUT2D eigenvalue weighted by atomic mass is 9.79. The Morgan fingerprint density at radius 1 is 1.27 bits per heavy atom. The molecule has 0 radical (unpaired) electrons. The molecule has 0 saturated carbocycles. The van der Waals surface area contributed by atoms with Gasteiger partial charge in [-0.15, -0.1) is 4.91 Å². The van der Waals surface area contributed by atoms with Crippen LogP contribution in [0.3, 0.4) is 0 Å². The second-order valence-electron chi connectivity index (χ2n) is 4.92. The predicted molar refractivity (Wildman–Crippen MR) is 87.3 cm³/mol. The van der Waals surface area contributed by atoms with Gasteiger partial charge < -0.3 is 9.68 Å². The zero-order valence-electron chi connectivity index (χ0n) is 11.4. The highest BCUT2D eigenvalue weighted by molar-refractivity contribution is 6.61. The number of benzene rings is 2. The maximum absolute atomic E-state index is 11.2. The van der Waals surface area contributed by atoms with Crippen molar-refractivity contribution >= 4 is 41.5 Å². The zero-order valence-corrected chi connectivity index (χ0v) is 12.9. The molecule has 22 heavy (non-hydrogen) atoms. The maximum atomic E-state index is 11.2. The van der Waals surface area contributed by atoms with Gasteiger partial charge in [-0.2, -0.15) is 0 Å². The van der Waals surface area contributed by atoms with Gasteiger partial charge in [-0.05, 0) is 40.9 Å². The van der Waals surface area contributed by atoms with Crippen molar-refractivity contribution < 1.29 is 9.68 Å². The van der Waals surface area contributed by atoms with Gasteiger partial charge in [0.1, 0.15) is 0 Å². The number of hydrogen-bond donors (Lipinski definition) is 1. The first-order valence-corrected chi connectivity index (χ1v) is 7.31. The summed E-state index contributed by atoms with van der Waals surface area (Å²) in [6, 6.07) is 10.3. The van der Waals surface area contributed by atoms with E-state index in [-0.39, 0.29) is 6.54 Å². The van der Waals surface area contributed by atoms with Crippen LogP contribution in [0.15, 0.2) is 41.7 Å². The lowest BCUT2D eigenvalue weighted by Gasteiger charge is -2.17. The Labute approximate surface area is 137 Å². The van der Waals surface area contributed by atoms with Gasteiger partial charge in [0.25, 0.3) is 0 Å². The highest BCUT2D eigenvalue weighted by Gasteiger charge is 2.28. The van der Waals surface area contributed by atoms with Crippen LogP contribution >= 0.6 is 23.2 Å². The Hall–Kier alpha value is -1.60. The third-order valence-corrected chi connectivity index (χ3v) is 4.11. The molecule has 0 spiro atoms. The second-order valence-corrected chi connectivity index (χ2v) is 5.77. The molecule has 0 fully saturated rings. The topological polar surface area (TPSA) is 62.1 Å². The molecule has 0 aliphatic carbocycles. The SMILES string of the molecule is O=NN(Cc1ccc(Cl)cc1Cl)c1ccc2c(c1)B(O)OC2. The summed E-state index contributed by atoms with van der Waals surface area (Å²) in [6.07, 6.45) is 0. The van der Waals surface area contributed by atoms with E-state index in [4.69, 9.17) is 27.9 Å². The minimum absolute atomic E-state index is 0.204. The highest BCUT2D eigenvalue weighted by atomic mass is 35.5. The number of rotatable bonds is 4. The zero-order chi connectivity index (χ0) is 15.7. The summed E-state index contributed by atoms with van der Waals surface area (Å²) in [7, 11) is -0.970. The molecule has 2 aromatic rings. The molecular weight excluding hydrogens is 326 g/mol. The molecule has 0 atom stereocenters. The molecule has 8 heteroatoms. The first-order valence-electron chi connectivity index (χ1n) is 6.55. The Morgan fingerprint density at radius 2 is 2.09 bits per heavy atom. The quantitative estimate of drug-likeness (QED) is 0.529. The molecular formula is C14H11BCl2N2O3. The summed E-state index contributed by atoms with van der Waals surface area (Å²) in [6.45, 7) is 0.559. The summed E-state index contributed by atoms with van der Waals surface area (Å²) in [5, 5.41) is 15.0. The molecule has 112 valence electrons. The Kier molecular flexibility index (Phi) is 4.36. The molecule has 0 unspecified atom stereocenters. The third-order valence-electron chi connectivity index (χ3n) is 3.52. The lowest BCUT2D eigenvalue weighted by molar-refractivity contribution is 0.275. The summed E-state index contributed by atoms with van der Waals surface area (Å²) in [4.78, 5) is 11.2. The highest BCUT2D eigenvalue weighted by Crippen LogP contribution is 2.25. The minimum Gasteiger partial charge on any atom is -0.423 e. The largest absolute Gasteiger partial charge is 0.491 e. The van der Waals surface area contributed by atoms with Crippen LogP contribution in [-0.4, -0.2) is 12.1 Å². The number of anilines is 1. The van der Waals surface area contributed by atoms with Crippen molar-refractivity contribution in [2.75, 3.05) is 5.01 Å². The average molecular weight is 337 g/mol. The van der Waals surface area contributed by atoms with Crippen LogP contribution in [0, 0.1) is 4.91 Å². The molecule has 1 heterocycles. The first-order chi connectivity index (χ1) is 10.6. The molecule has 2 aromatic carbocycles. The van der Waals surface area contributed by atoms with E-state index in [2.05, 4.69) is 5.29 Å². The molecule has 0 aromatic heterocycles. The van der Waals surface area contributed by atoms with Gasteiger partial charge in [0.2, 0.25) is 0 Å². The van der Waals surface area contributed by atoms with Crippen molar-refractivity contribution in [1.82, 2.24) is 0 Å². The third kappa shape index (κ3) is 2.96. The van der Waals surface area contributed by atoms with Gasteiger partial charge in [-0.1, -0.05) is 35.3 Å². The van der Waals surface area contributed by atoms with Gasteiger partial charge in [0, 0.05) is 10.0 Å². The fourth-order valence-electron chi connectivity index (χ4n) is 2.34. The van der Waals surface area contributed by atoms with Gasteiger partial charge >= 0.3 is 7.12 Å². The van der Waals surface area contributed by atoms with Crippen molar-refractivity contribution in [1.29, 1.82) is 0 Å². The lowest BCUT2D eigenvalue weighted by Crippen LogP contribution is -2.29. The minimum atomic E-state index is -0.970. The van der Waals surface area contributed by atoms with Crippen LogP contribution in [-0.2, 0) is 17.8 Å². The van der Waals surface area contributed by atoms with Crippen molar-refractivity contribution in [2.24, 2.45) is 5.29 Å². The van der Waals surface area contributed by atoms with Crippen LogP contribution in [0.1, 0.15) is 11.1 Å². The maximum Gasteiger partial charge on any atom is 0.491 e. The Bertz CT molecular complexity index is 729. The number of fused-ring (bicyclic) bond motifs is 1. The van der Waals surface area contributed by atoms with E-state index in [1.165, 1.54) is 5.01 Å². The van der Waals surface area contributed by atoms with E-state index in [0.717, 1.165) is 11.1 Å². The number of nitrogens with zero attached hydrogens (tertiary/aromatic N) is 2. The normalized spacial score (nSPS) is 13.1. The standard InChI is InChI=1S/C14H11BCl2N2O3/c16-11-3-1-9(14(17)5-11)7-19(18-21)12-4-2-10-8-22-15(20)13(10)6-12/h1-6,20H,7-8H2. The fourth-order valence-corrected chi connectivity index (χ4v) is 2.81. The molecule has 5 nitrogen and oxygen atoms in total. The van der Waals surface area contributed by atoms with Gasteiger partial charge in [-0.25, -0.2) is 5.01 Å². The summed E-state index contributed by atoms with van der Waals surface area (Å²) in [5.41, 5.74) is 2.83. The van der Waals surface area contributed by atoms with E-state index in [1.54, 1.807) is 30.3 Å². The van der Waals surface area contributed by atoms with Crippen LogP contribution < -0.4 is 10.5 Å². The van der Waals surface area contributed by atoms with E-state index in [0.29, 0.717) is 27.8 Å². The number of nitroso groups, excluding NO2 is 1. The van der Waals surface area contributed by atoms with Crippen molar-refractivity contribution in [3.05, 3.63) is 62.5 Å². The Morgan fingerprint density at radius 3 is 2.82 bits per heavy atom. The van der Waals surface area contributed by atoms with E-state index in [9.17, 15) is 9.93 Å². The van der Waals surface area contributed by atoms with Crippen LogP contribution in [0.5, 0.6) is 0 Å². The van der Waals surface area contributed by atoms with Crippen LogP contribution in [0.2, 0.25) is 10.0 Å². The van der Waals surface area contributed by atoms with Gasteiger partial charge in [0.15, 0.2) is 0 Å². The Balaban J connectivity index is 1.88. The van der Waals surface area contributed by atoms with E-state index in [1.807, 2.05) is 6.07 Å². The van der Waals surface area contributed by atoms with E-state index >= 15 is 0 Å². The second kappa shape index (κ2) is 6.26. The molecule has 0 bridgehead atoms. The molecule has 1 aliphatic rings. The summed E-state index contributed by atoms with van der Waals surface area (Å²) >= 11 is 12.0. The molecule has 1 N–H and O–H groups in total. The predicted octanol–water partition coefficient (Wildman–Crippen LogP) is 2.90.